The number of carbonyl (C=O) groups excluding carboxylic acids is 1. The van der Waals surface area contributed by atoms with Gasteiger partial charge in [0.25, 0.3) is 5.91 Å². The van der Waals surface area contributed by atoms with Crippen LogP contribution in [0, 0.1) is 0 Å². The van der Waals surface area contributed by atoms with Crippen LogP contribution in [0.15, 0.2) is 60.7 Å². The SMILES string of the molecule is O=C(O)c1ccc2nc(CN3CCN(C(=O)c4cccc(Oc5ccc(C(F)(F)F)cc5Cl)c4)CC3)n(CC3CCO3)c2c1. The molecule has 3 aromatic carbocycles. The number of aromatic nitrogens is 2. The standard InChI is InChI=1S/C31H28ClF3N4O5/c32-24-16-21(31(33,34)35)5-7-27(24)44-22-3-1-2-19(14-22)29(40)38-11-9-37(10-12-38)18-28-36-25-6-4-20(30(41)42)15-26(25)39(28)17-23-8-13-43-23/h1-7,14-16,23H,8-13,17-18H2,(H,41,42). The minimum absolute atomic E-state index is 0.0481. The Morgan fingerprint density at radius 1 is 1.02 bits per heavy atom. The van der Waals surface area contributed by atoms with Crippen molar-refractivity contribution in [2.24, 2.45) is 0 Å². The Hall–Kier alpha value is -4.13. The van der Waals surface area contributed by atoms with Crippen molar-refractivity contribution in [2.45, 2.75) is 31.8 Å². The molecule has 9 nitrogen and oxygen atoms in total. The third kappa shape index (κ3) is 6.37. The number of ether oxygens (including phenoxy) is 2. The Morgan fingerprint density at radius 3 is 2.45 bits per heavy atom. The summed E-state index contributed by atoms with van der Waals surface area (Å²) >= 11 is 6.03. The molecule has 2 saturated heterocycles. The van der Waals surface area contributed by atoms with Crippen LogP contribution in [0.2, 0.25) is 5.02 Å². The van der Waals surface area contributed by atoms with Crippen LogP contribution >= 0.6 is 11.6 Å². The number of fused-ring (bicyclic) bond motifs is 1. The van der Waals surface area contributed by atoms with Crippen molar-refractivity contribution < 1.29 is 37.3 Å². The molecule has 4 aromatic rings. The van der Waals surface area contributed by atoms with E-state index in [9.17, 15) is 27.9 Å². The number of nitrogens with zero attached hydrogens (tertiary/aromatic N) is 4. The van der Waals surface area contributed by atoms with Crippen LogP contribution < -0.4 is 4.74 Å². The van der Waals surface area contributed by atoms with Gasteiger partial charge in [0, 0.05) is 38.3 Å². The highest BCUT2D eigenvalue weighted by Crippen LogP contribution is 2.36. The van der Waals surface area contributed by atoms with Gasteiger partial charge in [-0.3, -0.25) is 9.69 Å². The average molecular weight is 629 g/mol. The summed E-state index contributed by atoms with van der Waals surface area (Å²) in [6.45, 7) is 3.99. The van der Waals surface area contributed by atoms with Crippen LogP contribution in [-0.4, -0.2) is 75.2 Å². The lowest BCUT2D eigenvalue weighted by atomic mass is 10.1. The zero-order valence-electron chi connectivity index (χ0n) is 23.4. The van der Waals surface area contributed by atoms with Gasteiger partial charge in [-0.1, -0.05) is 17.7 Å². The largest absolute Gasteiger partial charge is 0.478 e. The Labute approximate surface area is 255 Å². The number of rotatable bonds is 8. The molecule has 0 aliphatic carbocycles. The summed E-state index contributed by atoms with van der Waals surface area (Å²) in [5.41, 5.74) is 1.18. The topological polar surface area (TPSA) is 97.1 Å². The molecule has 1 unspecified atom stereocenters. The highest BCUT2D eigenvalue weighted by Gasteiger charge is 2.31. The van der Waals surface area contributed by atoms with Crippen molar-refractivity contribution in [1.29, 1.82) is 0 Å². The second-order valence-corrected chi connectivity index (χ2v) is 11.2. The number of halogens is 4. The van der Waals surface area contributed by atoms with Gasteiger partial charge in [-0.25, -0.2) is 9.78 Å². The molecule has 1 amide bonds. The maximum Gasteiger partial charge on any atom is 0.416 e. The van der Waals surface area contributed by atoms with E-state index in [2.05, 4.69) is 4.90 Å². The minimum atomic E-state index is -4.52. The molecule has 44 heavy (non-hydrogen) atoms. The molecule has 2 fully saturated rings. The second kappa shape index (κ2) is 12.1. The number of piperazine rings is 1. The molecule has 1 N–H and O–H groups in total. The van der Waals surface area contributed by atoms with E-state index in [1.807, 2.05) is 4.57 Å². The Balaban J connectivity index is 1.11. The van der Waals surface area contributed by atoms with Gasteiger partial charge in [0.2, 0.25) is 0 Å². The number of hydrogen-bond donors (Lipinski definition) is 1. The van der Waals surface area contributed by atoms with E-state index in [4.69, 9.17) is 26.1 Å². The molecule has 2 aliphatic heterocycles. The first-order chi connectivity index (χ1) is 21.0. The van der Waals surface area contributed by atoms with Crippen molar-refractivity contribution in [2.75, 3.05) is 32.8 Å². The first-order valence-corrected chi connectivity index (χ1v) is 14.4. The molecule has 0 bridgehead atoms. The van der Waals surface area contributed by atoms with Gasteiger partial charge in [0.05, 0.1) is 46.4 Å². The van der Waals surface area contributed by atoms with Crippen molar-refractivity contribution >= 4 is 34.5 Å². The van der Waals surface area contributed by atoms with Gasteiger partial charge < -0.3 is 24.0 Å². The predicted octanol–water partition coefficient (Wildman–Crippen LogP) is 5.95. The van der Waals surface area contributed by atoms with Gasteiger partial charge in [0.1, 0.15) is 17.3 Å². The molecular weight excluding hydrogens is 601 g/mol. The third-order valence-electron chi connectivity index (χ3n) is 7.85. The lowest BCUT2D eigenvalue weighted by molar-refractivity contribution is -0.137. The van der Waals surface area contributed by atoms with Crippen LogP contribution in [0.1, 0.15) is 38.5 Å². The van der Waals surface area contributed by atoms with Gasteiger partial charge in [-0.05, 0) is 61.0 Å². The maximum absolute atomic E-state index is 13.3. The number of hydrogen-bond acceptors (Lipinski definition) is 6. The number of imidazole rings is 1. The molecule has 13 heteroatoms. The molecule has 0 saturated carbocycles. The number of amides is 1. The van der Waals surface area contributed by atoms with Crippen LogP contribution in [-0.2, 0) is 24.0 Å². The van der Waals surface area contributed by atoms with Crippen LogP contribution in [0.25, 0.3) is 11.0 Å². The fourth-order valence-electron chi connectivity index (χ4n) is 5.33. The Morgan fingerprint density at radius 2 is 1.80 bits per heavy atom. The molecule has 0 radical (unpaired) electrons. The van der Waals surface area contributed by atoms with Crippen molar-refractivity contribution in [3.63, 3.8) is 0 Å². The molecule has 6 rings (SSSR count). The third-order valence-corrected chi connectivity index (χ3v) is 8.14. The molecule has 2 aliphatic rings. The summed E-state index contributed by atoms with van der Waals surface area (Å²) in [7, 11) is 0. The van der Waals surface area contributed by atoms with E-state index >= 15 is 0 Å². The van der Waals surface area contributed by atoms with Crippen molar-refractivity contribution in [3.8, 4) is 11.5 Å². The summed E-state index contributed by atoms with van der Waals surface area (Å²) < 4.78 is 52.3. The number of alkyl halides is 3. The molecule has 0 spiro atoms. The Kier molecular flexibility index (Phi) is 8.23. The van der Waals surface area contributed by atoms with E-state index in [1.54, 1.807) is 47.4 Å². The molecular formula is C31H28ClF3N4O5. The zero-order chi connectivity index (χ0) is 31.0. The van der Waals surface area contributed by atoms with E-state index in [-0.39, 0.29) is 34.1 Å². The number of carboxylic acids is 1. The summed E-state index contributed by atoms with van der Waals surface area (Å²) in [4.78, 5) is 33.6. The molecule has 230 valence electrons. The minimum Gasteiger partial charge on any atom is -0.478 e. The highest BCUT2D eigenvalue weighted by atomic mass is 35.5. The predicted molar refractivity (Wildman–Crippen MR) is 155 cm³/mol. The first-order valence-electron chi connectivity index (χ1n) is 14.1. The number of carbonyl (C=O) groups is 2. The van der Waals surface area contributed by atoms with Crippen molar-refractivity contribution in [1.82, 2.24) is 19.4 Å². The van der Waals surface area contributed by atoms with Gasteiger partial charge in [-0.15, -0.1) is 0 Å². The number of aromatic carboxylic acids is 1. The quantitative estimate of drug-likeness (QED) is 0.258. The lowest BCUT2D eigenvalue weighted by Gasteiger charge is -2.35. The molecule has 3 heterocycles. The highest BCUT2D eigenvalue weighted by molar-refractivity contribution is 6.32. The maximum atomic E-state index is 13.3. The monoisotopic (exact) mass is 628 g/mol. The zero-order valence-corrected chi connectivity index (χ0v) is 24.1. The van der Waals surface area contributed by atoms with Gasteiger partial charge in [-0.2, -0.15) is 13.2 Å². The first kappa shape index (κ1) is 29.9. The molecule has 1 atom stereocenters. The molecule has 1 aromatic heterocycles. The van der Waals surface area contributed by atoms with E-state index in [0.717, 1.165) is 41.5 Å². The van der Waals surface area contributed by atoms with Gasteiger partial charge in [0.15, 0.2) is 0 Å². The van der Waals surface area contributed by atoms with E-state index < -0.39 is 17.7 Å². The summed E-state index contributed by atoms with van der Waals surface area (Å²) in [5, 5.41) is 9.29. The van der Waals surface area contributed by atoms with E-state index in [0.29, 0.717) is 51.4 Å². The summed E-state index contributed by atoms with van der Waals surface area (Å²) in [6, 6.07) is 14.2. The average Bonchev–Trinajstić information content (AvgIpc) is 3.31. The summed E-state index contributed by atoms with van der Waals surface area (Å²) in [5.74, 6) is -0.0559. The Bertz CT molecular complexity index is 1710. The number of benzene rings is 3. The fourth-order valence-corrected chi connectivity index (χ4v) is 5.55. The number of carboxylic acid groups (broad SMARTS) is 1. The lowest BCUT2D eigenvalue weighted by Crippen LogP contribution is -2.48. The summed E-state index contributed by atoms with van der Waals surface area (Å²) in [6.07, 6.45) is -3.53. The van der Waals surface area contributed by atoms with Crippen LogP contribution in [0.5, 0.6) is 11.5 Å². The van der Waals surface area contributed by atoms with Crippen molar-refractivity contribution in [3.05, 3.63) is 88.2 Å². The van der Waals surface area contributed by atoms with Gasteiger partial charge >= 0.3 is 12.1 Å². The second-order valence-electron chi connectivity index (χ2n) is 10.8. The van der Waals surface area contributed by atoms with E-state index in [1.165, 1.54) is 0 Å². The smallest absolute Gasteiger partial charge is 0.416 e. The normalized spacial score (nSPS) is 17.5. The van der Waals surface area contributed by atoms with Crippen LogP contribution in [0.4, 0.5) is 13.2 Å². The van der Waals surface area contributed by atoms with Crippen LogP contribution in [0.3, 0.4) is 0 Å². The fraction of sp³-hybridized carbons (Fsp3) is 0.323.